The molecular weight excluding hydrogens is 548 g/mol. The van der Waals surface area contributed by atoms with Crippen LogP contribution >= 0.6 is 0 Å². The van der Waals surface area contributed by atoms with Crippen LogP contribution < -0.4 is 16.0 Å². The third kappa shape index (κ3) is 11.0. The molecule has 1 aromatic rings. The highest BCUT2D eigenvalue weighted by Crippen LogP contribution is 2.18. The average Bonchev–Trinajstić information content (AvgIpc) is 2.91. The first kappa shape index (κ1) is 35.8. The maximum atomic E-state index is 13.9. The van der Waals surface area contributed by atoms with Gasteiger partial charge < -0.3 is 25.6 Å². The van der Waals surface area contributed by atoms with Gasteiger partial charge in [-0.2, -0.15) is 0 Å². The van der Waals surface area contributed by atoms with Crippen LogP contribution in [0.3, 0.4) is 0 Å². The third-order valence-electron chi connectivity index (χ3n) is 7.50. The van der Waals surface area contributed by atoms with E-state index >= 15 is 0 Å². The molecule has 0 aliphatic carbocycles. The van der Waals surface area contributed by atoms with Gasteiger partial charge in [0.1, 0.15) is 24.2 Å². The Kier molecular flexibility index (Phi) is 13.7. The van der Waals surface area contributed by atoms with Crippen molar-refractivity contribution in [3.63, 3.8) is 0 Å². The van der Waals surface area contributed by atoms with Gasteiger partial charge in [-0.3, -0.25) is 19.2 Å². The van der Waals surface area contributed by atoms with Crippen LogP contribution in [0.15, 0.2) is 30.3 Å². The number of esters is 1. The summed E-state index contributed by atoms with van der Waals surface area (Å²) in [6.45, 7) is 15.2. The molecule has 1 aromatic carbocycles. The number of hydrogen-bond donors (Lipinski definition) is 3. The van der Waals surface area contributed by atoms with Gasteiger partial charge in [0.05, 0.1) is 0 Å². The molecule has 5 atom stereocenters. The summed E-state index contributed by atoms with van der Waals surface area (Å²) in [6.07, 6.45) is -0.117. The first-order valence-electron chi connectivity index (χ1n) is 15.5. The van der Waals surface area contributed by atoms with Crippen molar-refractivity contribution in [1.29, 1.82) is 0 Å². The molecule has 3 N–H and O–H groups in total. The van der Waals surface area contributed by atoms with Crippen LogP contribution in [0, 0.1) is 23.7 Å². The van der Waals surface area contributed by atoms with E-state index in [0.29, 0.717) is 6.42 Å². The van der Waals surface area contributed by atoms with Crippen LogP contribution in [-0.2, 0) is 35.1 Å². The lowest BCUT2D eigenvalue weighted by Gasteiger charge is -2.34. The Morgan fingerprint density at radius 3 is 1.79 bits per heavy atom. The maximum Gasteiger partial charge on any atom is 0.329 e. The molecule has 4 amide bonds. The highest BCUT2D eigenvalue weighted by atomic mass is 16.5. The van der Waals surface area contributed by atoms with Gasteiger partial charge in [0, 0.05) is 13.5 Å². The third-order valence-corrected chi connectivity index (χ3v) is 7.50. The molecule has 1 heterocycles. The maximum absolute atomic E-state index is 13.9. The van der Waals surface area contributed by atoms with E-state index in [1.165, 1.54) is 4.90 Å². The Labute approximate surface area is 257 Å². The quantitative estimate of drug-likeness (QED) is 0.373. The van der Waals surface area contributed by atoms with Crippen LogP contribution in [0.5, 0.6) is 0 Å². The van der Waals surface area contributed by atoms with Gasteiger partial charge in [0.2, 0.25) is 17.7 Å². The fourth-order valence-corrected chi connectivity index (χ4v) is 5.16. The van der Waals surface area contributed by atoms with Crippen molar-refractivity contribution in [3.8, 4) is 0 Å². The van der Waals surface area contributed by atoms with Gasteiger partial charge in [-0.1, -0.05) is 85.7 Å². The second kappa shape index (κ2) is 16.4. The Hall–Kier alpha value is -3.43. The highest BCUT2D eigenvalue weighted by Gasteiger charge is 2.39. The van der Waals surface area contributed by atoms with Crippen molar-refractivity contribution in [2.75, 3.05) is 7.05 Å². The van der Waals surface area contributed by atoms with Gasteiger partial charge in [-0.25, -0.2) is 4.79 Å². The number of carbonyl (C=O) groups excluding carboxylic acids is 5. The first-order valence-corrected chi connectivity index (χ1v) is 15.5. The molecule has 3 unspecified atom stereocenters. The highest BCUT2D eigenvalue weighted by molar-refractivity contribution is 5.96. The Morgan fingerprint density at radius 1 is 0.698 bits per heavy atom. The normalized spacial score (nSPS) is 24.9. The van der Waals surface area contributed by atoms with Crippen molar-refractivity contribution >= 4 is 29.6 Å². The Morgan fingerprint density at radius 2 is 1.26 bits per heavy atom. The van der Waals surface area contributed by atoms with Crippen molar-refractivity contribution in [2.45, 2.75) is 111 Å². The molecule has 1 fully saturated rings. The Balaban J connectivity index is 2.65. The SMILES string of the molecule is CC(C)CC1NC(=O)[C@H](Cc2ccccc2)NC(=O)C(CC(C)C)N(C)C(=O)C(C(C)C)NC(=O)[C@H](CC(C)C)OC1=O. The fourth-order valence-electron chi connectivity index (χ4n) is 5.16. The van der Waals surface area contributed by atoms with Gasteiger partial charge in [0.25, 0.3) is 5.91 Å². The topological polar surface area (TPSA) is 134 Å². The zero-order chi connectivity index (χ0) is 32.4. The monoisotopic (exact) mass is 600 g/mol. The molecule has 43 heavy (non-hydrogen) atoms. The minimum Gasteiger partial charge on any atom is -0.451 e. The lowest BCUT2D eigenvalue weighted by molar-refractivity contribution is -0.160. The number of carbonyl (C=O) groups is 5. The van der Waals surface area contributed by atoms with E-state index in [1.54, 1.807) is 7.05 Å². The van der Waals surface area contributed by atoms with E-state index < -0.39 is 59.9 Å². The fraction of sp³-hybridized carbons (Fsp3) is 0.667. The van der Waals surface area contributed by atoms with E-state index in [4.69, 9.17) is 4.74 Å². The molecule has 240 valence electrons. The van der Waals surface area contributed by atoms with Crippen LogP contribution in [0.25, 0.3) is 0 Å². The predicted molar refractivity (Wildman–Crippen MR) is 166 cm³/mol. The summed E-state index contributed by atoms with van der Waals surface area (Å²) < 4.78 is 5.77. The standard InChI is InChI=1S/C33H52N4O6/c1-19(2)15-25-33(42)43-27(17-21(5)6)31(40)36-28(22(7)8)32(41)37(9)26(16-20(3)4)30(39)34-24(29(38)35-25)18-23-13-11-10-12-14-23/h10-14,19-22,24-28H,15-18H2,1-9H3,(H,34,39)(H,35,38)(H,36,40)/t24-,25?,26?,27-,28?/m0/s1. The number of rotatable bonds is 9. The summed E-state index contributed by atoms with van der Waals surface area (Å²) in [7, 11) is 1.55. The molecule has 0 bridgehead atoms. The van der Waals surface area contributed by atoms with Gasteiger partial charge in [0.15, 0.2) is 6.10 Å². The zero-order valence-corrected chi connectivity index (χ0v) is 27.3. The van der Waals surface area contributed by atoms with Crippen LogP contribution in [0.2, 0.25) is 0 Å². The van der Waals surface area contributed by atoms with Crippen molar-refractivity contribution in [2.24, 2.45) is 23.7 Å². The molecule has 1 aliphatic rings. The summed E-state index contributed by atoms with van der Waals surface area (Å²) in [5.74, 6) is -3.01. The minimum atomic E-state index is -1.16. The van der Waals surface area contributed by atoms with Gasteiger partial charge in [-0.15, -0.1) is 0 Å². The molecule has 10 nitrogen and oxygen atoms in total. The number of likely N-dealkylation sites (N-methyl/N-ethyl adjacent to an activating group) is 1. The van der Waals surface area contributed by atoms with Gasteiger partial charge >= 0.3 is 5.97 Å². The van der Waals surface area contributed by atoms with Crippen LogP contribution in [0.4, 0.5) is 0 Å². The van der Waals surface area contributed by atoms with Crippen molar-refractivity contribution < 1.29 is 28.7 Å². The van der Waals surface area contributed by atoms with Gasteiger partial charge in [-0.05, 0) is 48.5 Å². The van der Waals surface area contributed by atoms with Crippen molar-refractivity contribution in [3.05, 3.63) is 35.9 Å². The van der Waals surface area contributed by atoms with E-state index in [2.05, 4.69) is 16.0 Å². The number of nitrogens with one attached hydrogen (secondary N) is 3. The summed E-state index contributed by atoms with van der Waals surface area (Å²) in [5.41, 5.74) is 0.820. The lowest BCUT2D eigenvalue weighted by atomic mass is 9.97. The number of hydrogen-bond acceptors (Lipinski definition) is 6. The predicted octanol–water partition coefficient (Wildman–Crippen LogP) is 3.23. The number of benzene rings is 1. The smallest absolute Gasteiger partial charge is 0.329 e. The molecule has 1 saturated heterocycles. The number of nitrogens with zero attached hydrogens (tertiary/aromatic N) is 1. The molecule has 0 saturated carbocycles. The van der Waals surface area contributed by atoms with E-state index in [9.17, 15) is 24.0 Å². The van der Waals surface area contributed by atoms with Crippen molar-refractivity contribution in [1.82, 2.24) is 20.9 Å². The van der Waals surface area contributed by atoms with Crippen LogP contribution in [-0.4, -0.2) is 71.8 Å². The summed E-state index contributed by atoms with van der Waals surface area (Å²) in [5, 5.41) is 8.50. The molecule has 0 spiro atoms. The minimum absolute atomic E-state index is 0.00662. The summed E-state index contributed by atoms with van der Waals surface area (Å²) >= 11 is 0. The van der Waals surface area contributed by atoms with Crippen LogP contribution in [0.1, 0.15) is 80.2 Å². The average molecular weight is 601 g/mol. The lowest BCUT2D eigenvalue weighted by Crippen LogP contribution is -2.59. The second-order valence-electron chi connectivity index (χ2n) is 13.3. The molecular formula is C33H52N4O6. The molecule has 2 rings (SSSR count). The van der Waals surface area contributed by atoms with E-state index in [-0.39, 0.29) is 42.9 Å². The molecule has 0 radical (unpaired) electrons. The second-order valence-corrected chi connectivity index (χ2v) is 13.3. The summed E-state index contributed by atoms with van der Waals surface area (Å²) in [6, 6.07) is 5.37. The zero-order valence-electron chi connectivity index (χ0n) is 27.3. The number of cyclic esters (lactones) is 1. The van der Waals surface area contributed by atoms with E-state index in [1.807, 2.05) is 85.7 Å². The molecule has 10 heteroatoms. The molecule has 1 aliphatic heterocycles. The number of ether oxygens (including phenoxy) is 1. The number of amides is 4. The Bertz CT molecular complexity index is 1100. The first-order chi connectivity index (χ1) is 20.1. The largest absolute Gasteiger partial charge is 0.451 e. The molecule has 0 aromatic heterocycles. The summed E-state index contributed by atoms with van der Waals surface area (Å²) in [4.78, 5) is 69.9. The van der Waals surface area contributed by atoms with E-state index in [0.717, 1.165) is 5.56 Å².